The summed E-state index contributed by atoms with van der Waals surface area (Å²) in [6.45, 7) is 0.152. The quantitative estimate of drug-likeness (QED) is 0.819. The van der Waals surface area contributed by atoms with E-state index in [4.69, 9.17) is 11.6 Å². The van der Waals surface area contributed by atoms with Crippen LogP contribution in [0.2, 0.25) is 5.28 Å². The summed E-state index contributed by atoms with van der Waals surface area (Å²) in [5, 5.41) is 3.94. The van der Waals surface area contributed by atoms with Crippen molar-refractivity contribution in [2.24, 2.45) is 7.05 Å². The number of aryl methyl sites for hydroxylation is 1. The SMILES string of the molecule is Cn1cc(CNS(=O)(=O)c2cnc(Cl)nc2)cn1. The number of nitrogens with one attached hydrogen (secondary N) is 1. The Morgan fingerprint density at radius 3 is 2.56 bits per heavy atom. The minimum atomic E-state index is -3.64. The van der Waals surface area contributed by atoms with Gasteiger partial charge in [0.25, 0.3) is 0 Å². The molecular formula is C9H10ClN5O2S. The zero-order valence-corrected chi connectivity index (χ0v) is 11.0. The number of rotatable bonds is 4. The minimum absolute atomic E-state index is 0.00112. The number of hydrogen-bond donors (Lipinski definition) is 1. The lowest BCUT2D eigenvalue weighted by atomic mass is 10.4. The molecule has 1 N–H and O–H groups in total. The van der Waals surface area contributed by atoms with E-state index < -0.39 is 10.0 Å². The highest BCUT2D eigenvalue weighted by atomic mass is 35.5. The largest absolute Gasteiger partial charge is 0.275 e. The van der Waals surface area contributed by atoms with E-state index in [1.165, 1.54) is 0 Å². The third-order valence-electron chi connectivity index (χ3n) is 2.13. The lowest BCUT2D eigenvalue weighted by molar-refractivity contribution is 0.580. The molecule has 0 amide bonds. The van der Waals surface area contributed by atoms with E-state index in [9.17, 15) is 8.42 Å². The Labute approximate surface area is 109 Å². The molecule has 0 radical (unpaired) electrons. The fourth-order valence-corrected chi connectivity index (χ4v) is 2.27. The van der Waals surface area contributed by atoms with Crippen LogP contribution in [0.15, 0.2) is 29.7 Å². The molecule has 0 saturated heterocycles. The zero-order chi connectivity index (χ0) is 13.2. The second kappa shape index (κ2) is 5.01. The average Bonchev–Trinajstić information content (AvgIpc) is 2.73. The first kappa shape index (κ1) is 12.9. The first-order valence-corrected chi connectivity index (χ1v) is 6.78. The molecule has 0 atom stereocenters. The van der Waals surface area contributed by atoms with Crippen LogP contribution in [0, 0.1) is 0 Å². The molecule has 2 heterocycles. The number of aromatic nitrogens is 4. The summed E-state index contributed by atoms with van der Waals surface area (Å²) >= 11 is 5.49. The average molecular weight is 288 g/mol. The monoisotopic (exact) mass is 287 g/mol. The van der Waals surface area contributed by atoms with Crippen molar-refractivity contribution in [2.75, 3.05) is 0 Å². The van der Waals surface area contributed by atoms with E-state index in [2.05, 4.69) is 19.8 Å². The highest BCUT2D eigenvalue weighted by molar-refractivity contribution is 7.89. The van der Waals surface area contributed by atoms with E-state index in [0.717, 1.165) is 18.0 Å². The standard InChI is InChI=1S/C9H10ClN5O2S/c1-15-6-7(2-13-15)3-14-18(16,17)8-4-11-9(10)12-5-8/h2,4-6,14H,3H2,1H3. The third-order valence-corrected chi connectivity index (χ3v) is 3.68. The summed E-state index contributed by atoms with van der Waals surface area (Å²) in [6, 6.07) is 0. The molecule has 0 fully saturated rings. The van der Waals surface area contributed by atoms with Crippen LogP contribution in [0.1, 0.15) is 5.56 Å². The molecule has 0 aliphatic carbocycles. The molecule has 0 aromatic carbocycles. The molecule has 7 nitrogen and oxygen atoms in total. The molecule has 0 aliphatic rings. The van der Waals surface area contributed by atoms with Crippen LogP contribution in [0.5, 0.6) is 0 Å². The Bertz CT molecular complexity index is 637. The Hall–Kier alpha value is -1.51. The highest BCUT2D eigenvalue weighted by Crippen LogP contribution is 2.08. The molecular weight excluding hydrogens is 278 g/mol. The summed E-state index contributed by atoms with van der Waals surface area (Å²) in [5.41, 5.74) is 0.760. The van der Waals surface area contributed by atoms with Gasteiger partial charge >= 0.3 is 0 Å². The first-order chi connectivity index (χ1) is 8.47. The highest BCUT2D eigenvalue weighted by Gasteiger charge is 2.15. The fraction of sp³-hybridized carbons (Fsp3) is 0.222. The van der Waals surface area contributed by atoms with E-state index in [-0.39, 0.29) is 16.7 Å². The van der Waals surface area contributed by atoms with Crippen molar-refractivity contribution in [2.45, 2.75) is 11.4 Å². The van der Waals surface area contributed by atoms with Crippen molar-refractivity contribution >= 4 is 21.6 Å². The summed E-state index contributed by atoms with van der Waals surface area (Å²) in [7, 11) is -1.88. The fourth-order valence-electron chi connectivity index (χ4n) is 1.26. The second-order valence-corrected chi connectivity index (χ2v) is 5.64. The summed E-state index contributed by atoms with van der Waals surface area (Å²) in [5.74, 6) is 0. The van der Waals surface area contributed by atoms with Crippen LogP contribution in [0.25, 0.3) is 0 Å². The number of sulfonamides is 1. The molecule has 2 aromatic heterocycles. The molecule has 96 valence electrons. The van der Waals surface area contributed by atoms with Crippen molar-refractivity contribution in [3.63, 3.8) is 0 Å². The first-order valence-electron chi connectivity index (χ1n) is 4.92. The van der Waals surface area contributed by atoms with Gasteiger partial charge in [0.05, 0.1) is 18.6 Å². The van der Waals surface area contributed by atoms with Crippen molar-refractivity contribution in [3.8, 4) is 0 Å². The third kappa shape index (κ3) is 3.03. The normalized spacial score (nSPS) is 11.7. The molecule has 0 aliphatic heterocycles. The zero-order valence-electron chi connectivity index (χ0n) is 9.41. The summed E-state index contributed by atoms with van der Waals surface area (Å²) < 4.78 is 27.7. The maximum absolute atomic E-state index is 11.9. The van der Waals surface area contributed by atoms with E-state index in [1.807, 2.05) is 0 Å². The molecule has 18 heavy (non-hydrogen) atoms. The van der Waals surface area contributed by atoms with Gasteiger partial charge in [0.15, 0.2) is 0 Å². The van der Waals surface area contributed by atoms with E-state index >= 15 is 0 Å². The predicted octanol–water partition coefficient (Wildman–Crippen LogP) is 0.342. The van der Waals surface area contributed by atoms with Gasteiger partial charge in [0, 0.05) is 25.4 Å². The topological polar surface area (TPSA) is 89.8 Å². The van der Waals surface area contributed by atoms with Crippen LogP contribution in [0.3, 0.4) is 0 Å². The molecule has 0 spiro atoms. The van der Waals surface area contributed by atoms with Crippen LogP contribution in [0.4, 0.5) is 0 Å². The molecule has 9 heteroatoms. The Balaban J connectivity index is 2.10. The van der Waals surface area contributed by atoms with E-state index in [1.54, 1.807) is 24.1 Å². The van der Waals surface area contributed by atoms with Crippen LogP contribution in [-0.2, 0) is 23.6 Å². The Kier molecular flexibility index (Phi) is 3.60. The van der Waals surface area contributed by atoms with Gasteiger partial charge in [-0.15, -0.1) is 0 Å². The maximum Gasteiger partial charge on any atom is 0.243 e. The van der Waals surface area contributed by atoms with Crippen LogP contribution < -0.4 is 4.72 Å². The van der Waals surface area contributed by atoms with Gasteiger partial charge in [-0.05, 0) is 11.6 Å². The molecule has 2 aromatic rings. The van der Waals surface area contributed by atoms with Gasteiger partial charge in [-0.1, -0.05) is 0 Å². The smallest absolute Gasteiger partial charge is 0.243 e. The minimum Gasteiger partial charge on any atom is -0.275 e. The van der Waals surface area contributed by atoms with Crippen molar-refractivity contribution in [1.82, 2.24) is 24.5 Å². The second-order valence-electron chi connectivity index (χ2n) is 3.53. The van der Waals surface area contributed by atoms with Crippen LogP contribution >= 0.6 is 11.6 Å². The molecule has 0 saturated carbocycles. The lowest BCUT2D eigenvalue weighted by Gasteiger charge is -2.04. The molecule has 0 bridgehead atoms. The van der Waals surface area contributed by atoms with Gasteiger partial charge in [0.2, 0.25) is 15.3 Å². The Morgan fingerprint density at radius 2 is 2.00 bits per heavy atom. The van der Waals surface area contributed by atoms with Gasteiger partial charge < -0.3 is 0 Å². The van der Waals surface area contributed by atoms with Gasteiger partial charge in [0.1, 0.15) is 4.90 Å². The van der Waals surface area contributed by atoms with Crippen molar-refractivity contribution < 1.29 is 8.42 Å². The van der Waals surface area contributed by atoms with Gasteiger partial charge in [-0.2, -0.15) is 5.10 Å². The van der Waals surface area contributed by atoms with Crippen LogP contribution in [-0.4, -0.2) is 28.2 Å². The summed E-state index contributed by atoms with van der Waals surface area (Å²) in [4.78, 5) is 7.21. The Morgan fingerprint density at radius 1 is 1.33 bits per heavy atom. The number of hydrogen-bond acceptors (Lipinski definition) is 5. The summed E-state index contributed by atoms with van der Waals surface area (Å²) in [6.07, 6.45) is 5.61. The van der Waals surface area contributed by atoms with E-state index in [0.29, 0.717) is 0 Å². The number of nitrogens with zero attached hydrogens (tertiary/aromatic N) is 4. The molecule has 0 unspecified atom stereocenters. The maximum atomic E-state index is 11.9. The van der Waals surface area contributed by atoms with Crippen molar-refractivity contribution in [3.05, 3.63) is 35.6 Å². The number of halogens is 1. The van der Waals surface area contributed by atoms with Crippen molar-refractivity contribution in [1.29, 1.82) is 0 Å². The van der Waals surface area contributed by atoms with Gasteiger partial charge in [-0.3, -0.25) is 4.68 Å². The molecule has 2 rings (SSSR count). The van der Waals surface area contributed by atoms with Gasteiger partial charge in [-0.25, -0.2) is 23.1 Å². The lowest BCUT2D eigenvalue weighted by Crippen LogP contribution is -2.23. The predicted molar refractivity (Wildman–Crippen MR) is 64.3 cm³/mol.